The fourth-order valence-electron chi connectivity index (χ4n) is 3.48. The molecule has 3 aromatic rings. The third-order valence-corrected chi connectivity index (χ3v) is 7.87. The van der Waals surface area contributed by atoms with Crippen molar-refractivity contribution in [2.75, 3.05) is 30.6 Å². The van der Waals surface area contributed by atoms with Gasteiger partial charge in [0.1, 0.15) is 22.3 Å². The van der Waals surface area contributed by atoms with Gasteiger partial charge < -0.3 is 4.74 Å². The maximum absolute atomic E-state index is 14.4. The van der Waals surface area contributed by atoms with Crippen LogP contribution in [0.1, 0.15) is 10.4 Å². The number of ether oxygens (including phenoxy) is 1. The Kier molecular flexibility index (Phi) is 6.85. The molecule has 1 aromatic heterocycles. The molecule has 0 amide bonds. The molecular formula is C22H21F3N2O3S2. The van der Waals surface area contributed by atoms with Crippen LogP contribution in [-0.4, -0.2) is 39.6 Å². The molecular weight excluding hydrogens is 461 g/mol. The predicted molar refractivity (Wildman–Crippen MR) is 117 cm³/mol. The minimum absolute atomic E-state index is 0.0709. The van der Waals surface area contributed by atoms with Gasteiger partial charge in [0.2, 0.25) is 0 Å². The van der Waals surface area contributed by atoms with E-state index in [1.807, 2.05) is 11.4 Å². The molecule has 0 bridgehead atoms. The Hall–Kier alpha value is -2.40. The van der Waals surface area contributed by atoms with Crippen molar-refractivity contribution < 1.29 is 26.3 Å². The van der Waals surface area contributed by atoms with Crippen molar-refractivity contribution in [2.24, 2.45) is 0 Å². The third kappa shape index (κ3) is 5.15. The summed E-state index contributed by atoms with van der Waals surface area (Å²) in [6.07, 6.45) is 0. The Balaban J connectivity index is 1.64. The Morgan fingerprint density at radius 2 is 1.66 bits per heavy atom. The average Bonchev–Trinajstić information content (AvgIpc) is 3.20. The van der Waals surface area contributed by atoms with Crippen molar-refractivity contribution in [3.05, 3.63) is 81.8 Å². The van der Waals surface area contributed by atoms with Gasteiger partial charge in [-0.2, -0.15) is 0 Å². The highest BCUT2D eigenvalue weighted by Crippen LogP contribution is 2.30. The fraction of sp³-hybridized carbons (Fsp3) is 0.273. The summed E-state index contributed by atoms with van der Waals surface area (Å²) in [5.41, 5.74) is 1.22. The van der Waals surface area contributed by atoms with E-state index in [1.165, 1.54) is 23.5 Å². The van der Waals surface area contributed by atoms with E-state index in [1.54, 1.807) is 0 Å². The molecule has 1 saturated heterocycles. The monoisotopic (exact) mass is 482 g/mol. The molecule has 0 atom stereocenters. The highest BCUT2D eigenvalue weighted by atomic mass is 32.2. The van der Waals surface area contributed by atoms with Gasteiger partial charge in [-0.15, -0.1) is 11.3 Å². The van der Waals surface area contributed by atoms with E-state index in [4.69, 9.17) is 4.74 Å². The molecule has 1 fully saturated rings. The summed E-state index contributed by atoms with van der Waals surface area (Å²) >= 11 is 1.39. The Morgan fingerprint density at radius 1 is 0.969 bits per heavy atom. The maximum Gasteiger partial charge on any atom is 0.267 e. The number of nitrogens with zero attached hydrogens (tertiary/aromatic N) is 2. The van der Waals surface area contributed by atoms with E-state index < -0.39 is 32.4 Å². The molecule has 0 aliphatic carbocycles. The van der Waals surface area contributed by atoms with E-state index in [9.17, 15) is 21.6 Å². The van der Waals surface area contributed by atoms with E-state index in [0.717, 1.165) is 58.6 Å². The number of anilines is 1. The van der Waals surface area contributed by atoms with Crippen LogP contribution in [0.4, 0.5) is 18.9 Å². The van der Waals surface area contributed by atoms with E-state index in [-0.39, 0.29) is 12.2 Å². The molecule has 1 aliphatic rings. The van der Waals surface area contributed by atoms with Crippen molar-refractivity contribution in [1.29, 1.82) is 0 Å². The van der Waals surface area contributed by atoms with Crippen LogP contribution >= 0.6 is 11.3 Å². The number of morpholine rings is 1. The summed E-state index contributed by atoms with van der Waals surface area (Å²) in [6, 6.07) is 9.13. The Morgan fingerprint density at radius 3 is 2.34 bits per heavy atom. The van der Waals surface area contributed by atoms with Crippen molar-refractivity contribution in [3.63, 3.8) is 0 Å². The predicted octanol–water partition coefficient (Wildman–Crippen LogP) is 4.39. The van der Waals surface area contributed by atoms with Gasteiger partial charge in [0.15, 0.2) is 0 Å². The summed E-state index contributed by atoms with van der Waals surface area (Å²) in [5.74, 6) is -2.58. The molecule has 170 valence electrons. The second-order valence-corrected chi connectivity index (χ2v) is 10.2. The van der Waals surface area contributed by atoms with Crippen LogP contribution < -0.4 is 4.31 Å². The lowest BCUT2D eigenvalue weighted by molar-refractivity contribution is 0.0342. The molecule has 2 heterocycles. The highest BCUT2D eigenvalue weighted by molar-refractivity contribution is 7.92. The molecule has 5 nitrogen and oxygen atoms in total. The van der Waals surface area contributed by atoms with Crippen LogP contribution in [0.15, 0.2) is 58.8 Å². The summed E-state index contributed by atoms with van der Waals surface area (Å²) in [4.78, 5) is 2.34. The lowest BCUT2D eigenvalue weighted by Gasteiger charge is -2.26. The van der Waals surface area contributed by atoms with Crippen molar-refractivity contribution in [1.82, 2.24) is 4.90 Å². The third-order valence-electron chi connectivity index (χ3n) is 5.09. The molecule has 2 aromatic carbocycles. The van der Waals surface area contributed by atoms with Crippen molar-refractivity contribution in [2.45, 2.75) is 18.0 Å². The lowest BCUT2D eigenvalue weighted by atomic mass is 10.2. The van der Waals surface area contributed by atoms with Gasteiger partial charge in [0, 0.05) is 30.6 Å². The lowest BCUT2D eigenvalue weighted by Crippen LogP contribution is -2.35. The van der Waals surface area contributed by atoms with Gasteiger partial charge in [0.05, 0.1) is 25.4 Å². The number of benzene rings is 2. The molecule has 0 spiro atoms. The summed E-state index contributed by atoms with van der Waals surface area (Å²) < 4.78 is 74.2. The molecule has 0 radical (unpaired) electrons. The maximum atomic E-state index is 14.4. The Bertz CT molecular complexity index is 1180. The molecule has 0 N–H and O–H groups in total. The standard InChI is InChI=1S/C22H21F3N2O3S2/c23-17-1-4-19(5-2-17)27(32(28,29)22-6-3-18(24)12-21(22)25)14-20-11-16(15-31-20)13-26-7-9-30-10-8-26/h1-6,11-12,15H,7-10,13-14H2. The zero-order chi connectivity index (χ0) is 22.7. The zero-order valence-electron chi connectivity index (χ0n) is 17.0. The van der Waals surface area contributed by atoms with Gasteiger partial charge in [-0.3, -0.25) is 9.21 Å². The molecule has 0 unspecified atom stereocenters. The van der Waals surface area contributed by atoms with Crippen LogP contribution in [0.5, 0.6) is 0 Å². The second kappa shape index (κ2) is 9.62. The number of hydrogen-bond donors (Lipinski definition) is 0. The molecule has 10 heteroatoms. The first-order valence-electron chi connectivity index (χ1n) is 9.93. The minimum Gasteiger partial charge on any atom is -0.379 e. The average molecular weight is 483 g/mol. The van der Waals surface area contributed by atoms with Gasteiger partial charge in [0.25, 0.3) is 10.0 Å². The SMILES string of the molecule is O=S(=O)(c1ccc(F)cc1F)N(Cc1cc(CN2CCOCC2)cs1)c1ccc(F)cc1. The number of hydrogen-bond acceptors (Lipinski definition) is 5. The minimum atomic E-state index is -4.38. The van der Waals surface area contributed by atoms with Gasteiger partial charge in [-0.05, 0) is 53.4 Å². The summed E-state index contributed by atoms with van der Waals surface area (Å²) in [6.45, 7) is 3.65. The quantitative estimate of drug-likeness (QED) is 0.501. The number of halogens is 3. The first-order chi connectivity index (χ1) is 15.3. The number of sulfonamides is 1. The topological polar surface area (TPSA) is 49.9 Å². The first-order valence-corrected chi connectivity index (χ1v) is 12.2. The second-order valence-electron chi connectivity index (χ2n) is 7.37. The smallest absolute Gasteiger partial charge is 0.267 e. The summed E-state index contributed by atoms with van der Waals surface area (Å²) in [7, 11) is -4.38. The molecule has 1 aliphatic heterocycles. The van der Waals surface area contributed by atoms with Crippen LogP contribution in [0.3, 0.4) is 0 Å². The van der Waals surface area contributed by atoms with Crippen LogP contribution in [-0.2, 0) is 27.8 Å². The normalized spacial score (nSPS) is 15.1. The van der Waals surface area contributed by atoms with Crippen LogP contribution in [0.2, 0.25) is 0 Å². The fourth-order valence-corrected chi connectivity index (χ4v) is 5.92. The van der Waals surface area contributed by atoms with Gasteiger partial charge in [-0.1, -0.05) is 0 Å². The number of thiophene rings is 1. The largest absolute Gasteiger partial charge is 0.379 e. The van der Waals surface area contributed by atoms with Crippen LogP contribution in [0.25, 0.3) is 0 Å². The van der Waals surface area contributed by atoms with E-state index in [2.05, 4.69) is 4.90 Å². The van der Waals surface area contributed by atoms with Crippen molar-refractivity contribution in [3.8, 4) is 0 Å². The van der Waals surface area contributed by atoms with Gasteiger partial charge in [-0.25, -0.2) is 21.6 Å². The first kappa shape index (κ1) is 22.8. The zero-order valence-corrected chi connectivity index (χ0v) is 18.6. The molecule has 32 heavy (non-hydrogen) atoms. The Labute approximate surface area is 188 Å². The van der Waals surface area contributed by atoms with E-state index >= 15 is 0 Å². The van der Waals surface area contributed by atoms with Crippen LogP contribution in [0, 0.1) is 17.5 Å². The molecule has 0 saturated carbocycles. The number of rotatable bonds is 7. The van der Waals surface area contributed by atoms with Crippen molar-refractivity contribution >= 4 is 27.0 Å². The van der Waals surface area contributed by atoms with E-state index in [0.29, 0.717) is 19.3 Å². The van der Waals surface area contributed by atoms with Gasteiger partial charge >= 0.3 is 0 Å². The highest BCUT2D eigenvalue weighted by Gasteiger charge is 2.29. The summed E-state index contributed by atoms with van der Waals surface area (Å²) in [5, 5.41) is 1.96. The molecule has 4 rings (SSSR count).